The van der Waals surface area contributed by atoms with Crippen LogP contribution >= 0.6 is 11.3 Å². The Morgan fingerprint density at radius 2 is 2.20 bits per heavy atom. The van der Waals surface area contributed by atoms with Gasteiger partial charge in [0.05, 0.1) is 5.51 Å². The molecule has 0 spiro atoms. The Kier molecular flexibility index (Phi) is 2.73. The molecule has 2 aliphatic rings. The maximum Gasteiger partial charge on any atom is 0.0794 e. The van der Waals surface area contributed by atoms with Gasteiger partial charge >= 0.3 is 0 Å². The highest BCUT2D eigenvalue weighted by atomic mass is 32.1. The van der Waals surface area contributed by atoms with Crippen LogP contribution in [0.2, 0.25) is 0 Å². The second-order valence-electron chi connectivity index (χ2n) is 4.65. The molecule has 2 aliphatic heterocycles. The molecule has 0 aromatic carbocycles. The predicted octanol–water partition coefficient (Wildman–Crippen LogP) is 1.47. The molecule has 1 aromatic heterocycles. The van der Waals surface area contributed by atoms with Gasteiger partial charge < -0.3 is 5.32 Å². The quantitative estimate of drug-likeness (QED) is 0.823. The first-order valence-electron chi connectivity index (χ1n) is 5.76. The number of piperidine rings is 1. The first kappa shape index (κ1) is 9.75. The van der Waals surface area contributed by atoms with Gasteiger partial charge in [0.25, 0.3) is 0 Å². The zero-order chi connectivity index (χ0) is 10.1. The monoisotopic (exact) mass is 223 g/mol. The molecule has 2 fully saturated rings. The van der Waals surface area contributed by atoms with Crippen molar-refractivity contribution >= 4 is 11.3 Å². The van der Waals surface area contributed by atoms with Crippen LogP contribution in [0.4, 0.5) is 0 Å². The summed E-state index contributed by atoms with van der Waals surface area (Å²) < 4.78 is 0. The van der Waals surface area contributed by atoms with E-state index in [-0.39, 0.29) is 0 Å². The van der Waals surface area contributed by atoms with Gasteiger partial charge in [0.2, 0.25) is 0 Å². The van der Waals surface area contributed by atoms with Gasteiger partial charge in [0, 0.05) is 42.8 Å². The van der Waals surface area contributed by atoms with Crippen molar-refractivity contribution in [2.75, 3.05) is 13.1 Å². The van der Waals surface area contributed by atoms with E-state index in [1.165, 1.54) is 37.2 Å². The van der Waals surface area contributed by atoms with Crippen LogP contribution < -0.4 is 5.32 Å². The Morgan fingerprint density at radius 3 is 2.87 bits per heavy atom. The van der Waals surface area contributed by atoms with Crippen LogP contribution in [0.1, 0.15) is 24.1 Å². The maximum absolute atomic E-state index is 4.14. The van der Waals surface area contributed by atoms with Crippen LogP contribution in [-0.4, -0.2) is 35.1 Å². The van der Waals surface area contributed by atoms with Gasteiger partial charge in [-0.3, -0.25) is 9.88 Å². The summed E-state index contributed by atoms with van der Waals surface area (Å²) in [5.74, 6) is 0. The highest BCUT2D eigenvalue weighted by Crippen LogP contribution is 2.21. The van der Waals surface area contributed by atoms with Gasteiger partial charge in [-0.1, -0.05) is 6.42 Å². The van der Waals surface area contributed by atoms with Crippen LogP contribution in [0.5, 0.6) is 0 Å². The highest BCUT2D eigenvalue weighted by molar-refractivity contribution is 7.09. The molecule has 3 nitrogen and oxygen atoms in total. The number of hydrogen-bond acceptors (Lipinski definition) is 4. The third-order valence-electron chi connectivity index (χ3n) is 3.40. The van der Waals surface area contributed by atoms with Gasteiger partial charge in [0.1, 0.15) is 0 Å². The van der Waals surface area contributed by atoms with Crippen LogP contribution in [0.25, 0.3) is 0 Å². The Labute approximate surface area is 94.5 Å². The maximum atomic E-state index is 4.14. The molecule has 4 heteroatoms. The summed E-state index contributed by atoms with van der Waals surface area (Å²) in [4.78, 5) is 8.12. The summed E-state index contributed by atoms with van der Waals surface area (Å²) in [6.45, 7) is 3.53. The molecule has 15 heavy (non-hydrogen) atoms. The molecule has 2 unspecified atom stereocenters. The molecule has 0 saturated carbocycles. The second kappa shape index (κ2) is 4.20. The molecule has 2 bridgehead atoms. The summed E-state index contributed by atoms with van der Waals surface area (Å²) in [5, 5.41) is 3.71. The average molecular weight is 223 g/mol. The third-order valence-corrected chi connectivity index (χ3v) is 4.16. The lowest BCUT2D eigenvalue weighted by atomic mass is 9.94. The van der Waals surface area contributed by atoms with Crippen molar-refractivity contribution in [2.45, 2.75) is 37.9 Å². The van der Waals surface area contributed by atoms with Crippen molar-refractivity contribution in [2.24, 2.45) is 0 Å². The summed E-state index contributed by atoms with van der Waals surface area (Å²) in [5.41, 5.74) is 1.93. The fourth-order valence-corrected chi connectivity index (χ4v) is 3.40. The minimum absolute atomic E-state index is 0.741. The van der Waals surface area contributed by atoms with Gasteiger partial charge in [-0.05, 0) is 12.8 Å². The van der Waals surface area contributed by atoms with Crippen LogP contribution in [0, 0.1) is 0 Å². The van der Waals surface area contributed by atoms with Crippen molar-refractivity contribution in [1.29, 1.82) is 0 Å². The number of nitrogens with zero attached hydrogens (tertiary/aromatic N) is 2. The van der Waals surface area contributed by atoms with Crippen LogP contribution in [0.15, 0.2) is 11.7 Å². The van der Waals surface area contributed by atoms with Gasteiger partial charge in [-0.15, -0.1) is 11.3 Å². The zero-order valence-electron chi connectivity index (χ0n) is 8.85. The van der Waals surface area contributed by atoms with E-state index in [9.17, 15) is 0 Å². The van der Waals surface area contributed by atoms with Crippen molar-refractivity contribution < 1.29 is 0 Å². The van der Waals surface area contributed by atoms with Crippen molar-refractivity contribution in [1.82, 2.24) is 15.2 Å². The van der Waals surface area contributed by atoms with Crippen LogP contribution in [-0.2, 0) is 6.54 Å². The Bertz CT molecular complexity index is 300. The first-order valence-corrected chi connectivity index (χ1v) is 6.64. The minimum atomic E-state index is 0.741. The minimum Gasteiger partial charge on any atom is -0.309 e. The number of likely N-dealkylation sites (tertiary alicyclic amines) is 1. The standard InChI is InChI=1S/C11H17N3S/c1-2-9-5-14(6-10(3-1)13-9)7-11-4-12-8-15-11/h4,8-10,13H,1-3,5-7H2. The molecule has 0 aliphatic carbocycles. The molecule has 1 N–H and O–H groups in total. The molecule has 2 saturated heterocycles. The predicted molar refractivity (Wildman–Crippen MR) is 62.0 cm³/mol. The number of rotatable bonds is 2. The van der Waals surface area contributed by atoms with E-state index in [1.807, 2.05) is 11.7 Å². The number of nitrogens with one attached hydrogen (secondary N) is 1. The number of thiazole rings is 1. The van der Waals surface area contributed by atoms with E-state index in [2.05, 4.69) is 15.2 Å². The molecule has 3 heterocycles. The van der Waals surface area contributed by atoms with E-state index < -0.39 is 0 Å². The largest absolute Gasteiger partial charge is 0.309 e. The molecule has 3 rings (SSSR count). The van der Waals surface area contributed by atoms with Crippen LogP contribution in [0.3, 0.4) is 0 Å². The number of hydrogen-bond donors (Lipinski definition) is 1. The molecular formula is C11H17N3S. The molecule has 0 amide bonds. The summed E-state index contributed by atoms with van der Waals surface area (Å²) in [6, 6.07) is 1.48. The molecular weight excluding hydrogens is 206 g/mol. The van der Waals surface area contributed by atoms with Crippen molar-refractivity contribution in [3.63, 3.8) is 0 Å². The fourth-order valence-electron chi connectivity index (χ4n) is 2.77. The number of fused-ring (bicyclic) bond motifs is 2. The Morgan fingerprint density at radius 1 is 1.40 bits per heavy atom. The third kappa shape index (κ3) is 2.22. The van der Waals surface area contributed by atoms with E-state index in [4.69, 9.17) is 0 Å². The summed E-state index contributed by atoms with van der Waals surface area (Å²) >= 11 is 1.77. The molecule has 0 radical (unpaired) electrons. The average Bonchev–Trinajstić information content (AvgIpc) is 2.70. The Balaban J connectivity index is 1.63. The molecule has 2 atom stereocenters. The first-order chi connectivity index (χ1) is 7.40. The molecule has 1 aromatic rings. The summed E-state index contributed by atoms with van der Waals surface area (Å²) in [6.07, 6.45) is 6.13. The lowest BCUT2D eigenvalue weighted by Crippen LogP contribution is -2.58. The Hall–Kier alpha value is -0.450. The van der Waals surface area contributed by atoms with Crippen molar-refractivity contribution in [3.05, 3.63) is 16.6 Å². The summed E-state index contributed by atoms with van der Waals surface area (Å²) in [7, 11) is 0. The fraction of sp³-hybridized carbons (Fsp3) is 0.727. The van der Waals surface area contributed by atoms with Gasteiger partial charge in [-0.25, -0.2) is 0 Å². The van der Waals surface area contributed by atoms with E-state index in [0.29, 0.717) is 0 Å². The van der Waals surface area contributed by atoms with E-state index >= 15 is 0 Å². The van der Waals surface area contributed by atoms with Gasteiger partial charge in [0.15, 0.2) is 0 Å². The lowest BCUT2D eigenvalue weighted by molar-refractivity contribution is 0.120. The smallest absolute Gasteiger partial charge is 0.0794 e. The van der Waals surface area contributed by atoms with Gasteiger partial charge in [-0.2, -0.15) is 0 Å². The second-order valence-corrected chi connectivity index (χ2v) is 5.62. The van der Waals surface area contributed by atoms with E-state index in [0.717, 1.165) is 18.6 Å². The topological polar surface area (TPSA) is 28.2 Å². The molecule has 82 valence electrons. The van der Waals surface area contributed by atoms with Crippen molar-refractivity contribution in [3.8, 4) is 0 Å². The highest BCUT2D eigenvalue weighted by Gasteiger charge is 2.29. The number of aromatic nitrogens is 1. The lowest BCUT2D eigenvalue weighted by Gasteiger charge is -2.42. The SMILES string of the molecule is c1ncc(CN2CC3CCCC(C2)N3)s1. The van der Waals surface area contributed by atoms with E-state index in [1.54, 1.807) is 11.3 Å². The number of piperazine rings is 1. The normalized spacial score (nSPS) is 31.7. The zero-order valence-corrected chi connectivity index (χ0v) is 9.67.